The van der Waals surface area contributed by atoms with E-state index in [1.165, 1.54) is 11.1 Å². The predicted molar refractivity (Wildman–Crippen MR) is 96.2 cm³/mol. The molecule has 136 valence electrons. The number of aryl methyl sites for hydroxylation is 2. The van der Waals surface area contributed by atoms with Crippen LogP contribution < -0.4 is 0 Å². The van der Waals surface area contributed by atoms with Gasteiger partial charge in [-0.2, -0.15) is 0 Å². The quantitative estimate of drug-likeness (QED) is 0.840. The van der Waals surface area contributed by atoms with Crippen molar-refractivity contribution in [1.82, 2.24) is 9.80 Å². The molecule has 3 rings (SSSR count). The Labute approximate surface area is 149 Å². The van der Waals surface area contributed by atoms with Crippen molar-refractivity contribution in [2.24, 2.45) is 5.92 Å². The second kappa shape index (κ2) is 8.48. The van der Waals surface area contributed by atoms with E-state index < -0.39 is 0 Å². The molecule has 1 atom stereocenters. The molecule has 2 aliphatic rings. The molecule has 2 amide bonds. The minimum absolute atomic E-state index is 0.0461. The van der Waals surface area contributed by atoms with Crippen LogP contribution in [0.5, 0.6) is 0 Å². The maximum Gasteiger partial charge on any atom is 0.227 e. The number of piperidine rings is 1. The second-order valence-corrected chi connectivity index (χ2v) is 7.10. The first kappa shape index (κ1) is 17.9. The normalized spacial score (nSPS) is 21.2. The number of hydrogen-bond acceptors (Lipinski definition) is 3. The molecule has 5 heteroatoms. The number of morpholine rings is 1. The lowest BCUT2D eigenvalue weighted by Gasteiger charge is -2.36. The molecule has 0 saturated carbocycles. The molecule has 2 fully saturated rings. The average molecular weight is 344 g/mol. The molecule has 0 N–H and O–H groups in total. The monoisotopic (exact) mass is 344 g/mol. The van der Waals surface area contributed by atoms with Crippen LogP contribution in [0.25, 0.3) is 0 Å². The standard InChI is InChI=1S/C20H28N2O3/c1-16-4-6-17(7-5-16)8-9-19(23)22-10-2-3-18(15-22)20(24)21-11-13-25-14-12-21/h4-7,18H,2-3,8-15H2,1H3. The minimum atomic E-state index is -0.0461. The largest absolute Gasteiger partial charge is 0.378 e. The summed E-state index contributed by atoms with van der Waals surface area (Å²) in [6.07, 6.45) is 3.08. The lowest BCUT2D eigenvalue weighted by atomic mass is 9.95. The highest BCUT2D eigenvalue weighted by molar-refractivity contribution is 5.81. The van der Waals surface area contributed by atoms with E-state index in [4.69, 9.17) is 4.74 Å². The lowest BCUT2D eigenvalue weighted by Crippen LogP contribution is -2.49. The van der Waals surface area contributed by atoms with E-state index in [9.17, 15) is 9.59 Å². The first-order valence-corrected chi connectivity index (χ1v) is 9.33. The number of amides is 2. The van der Waals surface area contributed by atoms with Crippen LogP contribution in [0.2, 0.25) is 0 Å². The first-order valence-electron chi connectivity index (χ1n) is 9.33. The number of likely N-dealkylation sites (tertiary alicyclic amines) is 1. The van der Waals surface area contributed by atoms with E-state index in [0.717, 1.165) is 25.8 Å². The number of carbonyl (C=O) groups is 2. The van der Waals surface area contributed by atoms with Crippen LogP contribution in [0.3, 0.4) is 0 Å². The third-order valence-corrected chi connectivity index (χ3v) is 5.19. The van der Waals surface area contributed by atoms with E-state index >= 15 is 0 Å². The van der Waals surface area contributed by atoms with Crippen molar-refractivity contribution in [2.75, 3.05) is 39.4 Å². The SMILES string of the molecule is Cc1ccc(CCC(=O)N2CCCC(C(=O)N3CCOCC3)C2)cc1. The maximum atomic E-state index is 12.7. The van der Waals surface area contributed by atoms with Gasteiger partial charge < -0.3 is 14.5 Å². The number of rotatable bonds is 4. The number of benzene rings is 1. The average Bonchev–Trinajstić information content (AvgIpc) is 2.67. The van der Waals surface area contributed by atoms with Gasteiger partial charge in [0.1, 0.15) is 0 Å². The summed E-state index contributed by atoms with van der Waals surface area (Å²) >= 11 is 0. The Morgan fingerprint density at radius 3 is 2.52 bits per heavy atom. The third-order valence-electron chi connectivity index (χ3n) is 5.19. The smallest absolute Gasteiger partial charge is 0.227 e. The second-order valence-electron chi connectivity index (χ2n) is 7.10. The predicted octanol–water partition coefficient (Wildman–Crippen LogP) is 2.03. The van der Waals surface area contributed by atoms with Gasteiger partial charge in [-0.3, -0.25) is 9.59 Å². The molecule has 2 heterocycles. The molecule has 1 aromatic rings. The van der Waals surface area contributed by atoms with Crippen LogP contribution >= 0.6 is 0 Å². The van der Waals surface area contributed by atoms with Gasteiger partial charge in [0.05, 0.1) is 19.1 Å². The summed E-state index contributed by atoms with van der Waals surface area (Å²) < 4.78 is 5.32. The van der Waals surface area contributed by atoms with Crippen LogP contribution in [0.4, 0.5) is 0 Å². The van der Waals surface area contributed by atoms with Gasteiger partial charge in [-0.05, 0) is 31.7 Å². The van der Waals surface area contributed by atoms with Crippen LogP contribution in [-0.4, -0.2) is 61.0 Å². The lowest BCUT2D eigenvalue weighted by molar-refractivity contribution is -0.144. The van der Waals surface area contributed by atoms with Gasteiger partial charge in [0, 0.05) is 32.6 Å². The van der Waals surface area contributed by atoms with Crippen LogP contribution in [0.1, 0.15) is 30.4 Å². The Morgan fingerprint density at radius 1 is 1.08 bits per heavy atom. The molecule has 0 aliphatic carbocycles. The third kappa shape index (κ3) is 4.82. The van der Waals surface area contributed by atoms with Gasteiger partial charge in [0.2, 0.25) is 11.8 Å². The Balaban J connectivity index is 1.50. The Bertz CT molecular complexity index is 593. The van der Waals surface area contributed by atoms with Crippen molar-refractivity contribution < 1.29 is 14.3 Å². The Morgan fingerprint density at radius 2 is 1.80 bits per heavy atom. The summed E-state index contributed by atoms with van der Waals surface area (Å²) in [7, 11) is 0. The van der Waals surface area contributed by atoms with Crippen molar-refractivity contribution in [1.29, 1.82) is 0 Å². The zero-order valence-corrected chi connectivity index (χ0v) is 15.1. The van der Waals surface area contributed by atoms with Crippen molar-refractivity contribution in [3.05, 3.63) is 35.4 Å². The van der Waals surface area contributed by atoms with E-state index in [2.05, 4.69) is 31.2 Å². The summed E-state index contributed by atoms with van der Waals surface area (Å²) in [5.74, 6) is 0.314. The van der Waals surface area contributed by atoms with E-state index in [1.54, 1.807) is 0 Å². The highest BCUT2D eigenvalue weighted by Gasteiger charge is 2.31. The molecule has 2 saturated heterocycles. The molecule has 1 unspecified atom stereocenters. The van der Waals surface area contributed by atoms with Gasteiger partial charge in [0.15, 0.2) is 0 Å². The fourth-order valence-electron chi connectivity index (χ4n) is 3.61. The topological polar surface area (TPSA) is 49.9 Å². The van der Waals surface area contributed by atoms with Crippen LogP contribution in [-0.2, 0) is 20.7 Å². The molecular weight excluding hydrogens is 316 g/mol. The van der Waals surface area contributed by atoms with Gasteiger partial charge in [0.25, 0.3) is 0 Å². The summed E-state index contributed by atoms with van der Waals surface area (Å²) in [6, 6.07) is 8.34. The van der Waals surface area contributed by atoms with E-state index in [0.29, 0.717) is 39.3 Å². The van der Waals surface area contributed by atoms with Gasteiger partial charge >= 0.3 is 0 Å². The van der Waals surface area contributed by atoms with Gasteiger partial charge in [-0.25, -0.2) is 0 Å². The molecular formula is C20H28N2O3. The minimum Gasteiger partial charge on any atom is -0.378 e. The number of nitrogens with zero attached hydrogens (tertiary/aromatic N) is 2. The van der Waals surface area contributed by atoms with E-state index in [-0.39, 0.29) is 17.7 Å². The van der Waals surface area contributed by atoms with Gasteiger partial charge in [-0.1, -0.05) is 29.8 Å². The highest BCUT2D eigenvalue weighted by atomic mass is 16.5. The molecule has 0 radical (unpaired) electrons. The number of ether oxygens (including phenoxy) is 1. The fourth-order valence-corrected chi connectivity index (χ4v) is 3.61. The zero-order chi connectivity index (χ0) is 17.6. The fraction of sp³-hybridized carbons (Fsp3) is 0.600. The summed E-state index contributed by atoms with van der Waals surface area (Å²) in [5.41, 5.74) is 2.42. The number of hydrogen-bond donors (Lipinski definition) is 0. The molecule has 2 aliphatic heterocycles. The van der Waals surface area contributed by atoms with Crippen molar-refractivity contribution in [3.8, 4) is 0 Å². The van der Waals surface area contributed by atoms with Crippen molar-refractivity contribution in [2.45, 2.75) is 32.6 Å². The molecule has 0 spiro atoms. The van der Waals surface area contributed by atoms with Crippen molar-refractivity contribution in [3.63, 3.8) is 0 Å². The molecule has 1 aromatic carbocycles. The Kier molecular flexibility index (Phi) is 6.08. The zero-order valence-electron chi connectivity index (χ0n) is 15.1. The van der Waals surface area contributed by atoms with Gasteiger partial charge in [-0.15, -0.1) is 0 Å². The maximum absolute atomic E-state index is 12.7. The summed E-state index contributed by atoms with van der Waals surface area (Å²) in [6.45, 7) is 6.01. The molecule has 0 bridgehead atoms. The number of carbonyl (C=O) groups excluding carboxylic acids is 2. The van der Waals surface area contributed by atoms with E-state index in [1.807, 2.05) is 9.80 Å². The molecule has 25 heavy (non-hydrogen) atoms. The van der Waals surface area contributed by atoms with Crippen LogP contribution in [0, 0.1) is 12.8 Å². The molecule has 0 aromatic heterocycles. The molecule has 5 nitrogen and oxygen atoms in total. The Hall–Kier alpha value is -1.88. The first-order chi connectivity index (χ1) is 12.1. The summed E-state index contributed by atoms with van der Waals surface area (Å²) in [5, 5.41) is 0. The van der Waals surface area contributed by atoms with Crippen LogP contribution in [0.15, 0.2) is 24.3 Å². The van der Waals surface area contributed by atoms with Crippen molar-refractivity contribution >= 4 is 11.8 Å². The highest BCUT2D eigenvalue weighted by Crippen LogP contribution is 2.20. The summed E-state index contributed by atoms with van der Waals surface area (Å²) in [4.78, 5) is 29.0.